The van der Waals surface area contributed by atoms with Crippen LogP contribution in [0.5, 0.6) is 0 Å². The smallest absolute Gasteiger partial charge is 0.0547 e. The van der Waals surface area contributed by atoms with E-state index in [9.17, 15) is 0 Å². The molecule has 0 saturated carbocycles. The molecule has 0 atom stereocenters. The number of nitrogens with two attached hydrogens (primary N) is 2. The minimum atomic E-state index is 0.646. The summed E-state index contributed by atoms with van der Waals surface area (Å²) in [5.41, 5.74) is 12.1. The fraction of sp³-hybridized carbons (Fsp3) is 0.143. The van der Waals surface area contributed by atoms with E-state index in [-0.39, 0.29) is 0 Å². The van der Waals surface area contributed by atoms with Crippen molar-refractivity contribution in [2.45, 2.75) is 0 Å². The van der Waals surface area contributed by atoms with Crippen molar-refractivity contribution in [1.29, 1.82) is 0 Å². The summed E-state index contributed by atoms with van der Waals surface area (Å²) in [5, 5.41) is 0. The summed E-state index contributed by atoms with van der Waals surface area (Å²) in [7, 11) is 0. The molecule has 0 aliphatic heterocycles. The van der Waals surface area contributed by atoms with Crippen molar-refractivity contribution in [2.75, 3.05) is 17.7 Å². The molecule has 1 aromatic rings. The number of hydrogen-bond acceptors (Lipinski definition) is 4. The van der Waals surface area contributed by atoms with Crippen molar-refractivity contribution in [3.63, 3.8) is 0 Å². The van der Waals surface area contributed by atoms with Crippen LogP contribution in [0.4, 0.5) is 11.4 Å². The molecule has 0 spiro atoms. The highest BCUT2D eigenvalue weighted by atomic mass is 32.2. The summed E-state index contributed by atoms with van der Waals surface area (Å²) >= 11 is 0.750. The Labute approximate surface area is 70.6 Å². The van der Waals surface area contributed by atoms with Gasteiger partial charge in [0.15, 0.2) is 0 Å². The van der Waals surface area contributed by atoms with Gasteiger partial charge in [0.05, 0.1) is 11.4 Å². The van der Waals surface area contributed by atoms with Crippen LogP contribution in [0, 0.1) is 0 Å². The lowest BCUT2D eigenvalue weighted by Gasteiger charge is -1.94. The molecule has 5 N–H and O–H groups in total. The summed E-state index contributed by atoms with van der Waals surface area (Å²) in [4.78, 5) is 0. The third kappa shape index (κ3) is 4.52. The zero-order chi connectivity index (χ0) is 8.69. The molecule has 11 heavy (non-hydrogen) atoms. The van der Waals surface area contributed by atoms with Crippen molar-refractivity contribution in [2.24, 2.45) is 0 Å². The maximum atomic E-state index is 7.49. The highest BCUT2D eigenvalue weighted by molar-refractivity contribution is 7.93. The van der Waals surface area contributed by atoms with Crippen LogP contribution < -0.4 is 11.5 Å². The number of rotatable bonds is 0. The third-order valence-electron chi connectivity index (χ3n) is 0.996. The Morgan fingerprint density at radius 3 is 1.64 bits per heavy atom. The van der Waals surface area contributed by atoms with Gasteiger partial charge < -0.3 is 16.0 Å². The van der Waals surface area contributed by atoms with Gasteiger partial charge in [0.1, 0.15) is 0 Å². The number of benzene rings is 1. The van der Waals surface area contributed by atoms with Gasteiger partial charge in [0.25, 0.3) is 0 Å². The molecule has 0 heterocycles. The standard InChI is InChI=1S/C6H8N2.CH4OS/c7-5-3-1-2-4-6(5)8;1-3-2/h1-4H,7-8H2;2H,1H3. The Morgan fingerprint density at radius 1 is 1.18 bits per heavy atom. The predicted molar refractivity (Wildman–Crippen MR) is 51.4 cm³/mol. The predicted octanol–water partition coefficient (Wildman–Crippen LogP) is 1.67. The molecule has 0 amide bonds. The first-order chi connectivity index (χ1) is 5.22. The van der Waals surface area contributed by atoms with Crippen LogP contribution in [0.1, 0.15) is 0 Å². The third-order valence-corrected chi connectivity index (χ3v) is 0.996. The van der Waals surface area contributed by atoms with E-state index in [0.717, 1.165) is 12.0 Å². The van der Waals surface area contributed by atoms with Crippen molar-refractivity contribution in [3.05, 3.63) is 24.3 Å². The van der Waals surface area contributed by atoms with E-state index in [4.69, 9.17) is 16.0 Å². The second-order valence-electron chi connectivity index (χ2n) is 1.81. The second kappa shape index (κ2) is 5.88. The van der Waals surface area contributed by atoms with Crippen molar-refractivity contribution >= 4 is 23.4 Å². The quantitative estimate of drug-likeness (QED) is 0.411. The van der Waals surface area contributed by atoms with Crippen LogP contribution in [0.25, 0.3) is 0 Å². The van der Waals surface area contributed by atoms with E-state index < -0.39 is 0 Å². The molecule has 1 rings (SSSR count). The number of para-hydroxylation sites is 2. The summed E-state index contributed by atoms with van der Waals surface area (Å²) in [6.07, 6.45) is 1.60. The number of nitrogen functional groups attached to an aromatic ring is 2. The van der Waals surface area contributed by atoms with Gasteiger partial charge in [-0.15, -0.1) is 0 Å². The maximum Gasteiger partial charge on any atom is 0.0547 e. The molecule has 0 aliphatic rings. The average molecular weight is 172 g/mol. The highest BCUT2D eigenvalue weighted by Crippen LogP contribution is 2.10. The molecular formula is C7H12N2OS. The van der Waals surface area contributed by atoms with Gasteiger partial charge in [-0.1, -0.05) is 12.1 Å². The highest BCUT2D eigenvalue weighted by Gasteiger charge is 1.85. The minimum Gasteiger partial charge on any atom is -0.397 e. The van der Waals surface area contributed by atoms with Crippen LogP contribution in [0.3, 0.4) is 0 Å². The molecule has 0 aromatic heterocycles. The summed E-state index contributed by atoms with van der Waals surface area (Å²) < 4.78 is 7.49. The monoisotopic (exact) mass is 172 g/mol. The van der Waals surface area contributed by atoms with Crippen molar-refractivity contribution < 1.29 is 4.55 Å². The average Bonchev–Trinajstić information content (AvgIpc) is 1.97. The van der Waals surface area contributed by atoms with Crippen LogP contribution in [0.15, 0.2) is 24.3 Å². The first-order valence-corrected chi connectivity index (χ1v) is 4.18. The lowest BCUT2D eigenvalue weighted by atomic mass is 10.3. The van der Waals surface area contributed by atoms with E-state index in [1.54, 1.807) is 18.4 Å². The zero-order valence-corrected chi connectivity index (χ0v) is 7.14. The number of anilines is 2. The minimum absolute atomic E-state index is 0.646. The molecule has 1 aromatic carbocycles. The van der Waals surface area contributed by atoms with Crippen molar-refractivity contribution in [3.8, 4) is 0 Å². The fourth-order valence-electron chi connectivity index (χ4n) is 0.511. The van der Waals surface area contributed by atoms with Crippen LogP contribution in [-0.4, -0.2) is 10.8 Å². The lowest BCUT2D eigenvalue weighted by Crippen LogP contribution is -1.91. The van der Waals surface area contributed by atoms with Gasteiger partial charge in [0, 0.05) is 6.26 Å². The van der Waals surface area contributed by atoms with Gasteiger partial charge in [-0.25, -0.2) is 0 Å². The Morgan fingerprint density at radius 2 is 1.45 bits per heavy atom. The Bertz CT molecular complexity index is 184. The molecule has 0 aliphatic carbocycles. The van der Waals surface area contributed by atoms with Crippen molar-refractivity contribution in [1.82, 2.24) is 0 Å². The van der Waals surface area contributed by atoms with Gasteiger partial charge in [-0.2, -0.15) is 0 Å². The molecule has 0 saturated heterocycles. The normalized spacial score (nSPS) is 8.18. The van der Waals surface area contributed by atoms with Crippen LogP contribution in [-0.2, 0) is 0 Å². The topological polar surface area (TPSA) is 72.3 Å². The SMILES string of the molecule is CSO.Nc1ccccc1N. The second-order valence-corrected chi connectivity index (χ2v) is 2.18. The van der Waals surface area contributed by atoms with Crippen LogP contribution in [0.2, 0.25) is 0 Å². The summed E-state index contributed by atoms with van der Waals surface area (Å²) in [6, 6.07) is 7.25. The molecule has 0 bridgehead atoms. The first kappa shape index (κ1) is 10.1. The van der Waals surface area contributed by atoms with E-state index in [0.29, 0.717) is 11.4 Å². The molecule has 0 radical (unpaired) electrons. The van der Waals surface area contributed by atoms with E-state index >= 15 is 0 Å². The summed E-state index contributed by atoms with van der Waals surface area (Å²) in [6.45, 7) is 0. The Balaban J connectivity index is 0.000000292. The van der Waals surface area contributed by atoms with Crippen LogP contribution >= 0.6 is 12.0 Å². The maximum absolute atomic E-state index is 7.49. The van der Waals surface area contributed by atoms with E-state index in [2.05, 4.69) is 0 Å². The number of hydrogen-bond donors (Lipinski definition) is 3. The zero-order valence-electron chi connectivity index (χ0n) is 6.32. The largest absolute Gasteiger partial charge is 0.397 e. The molecular weight excluding hydrogens is 160 g/mol. The van der Waals surface area contributed by atoms with E-state index in [1.807, 2.05) is 12.1 Å². The van der Waals surface area contributed by atoms with Gasteiger partial charge in [-0.3, -0.25) is 0 Å². The molecule has 62 valence electrons. The lowest BCUT2D eigenvalue weighted by molar-refractivity contribution is 0.669. The molecule has 3 nitrogen and oxygen atoms in total. The fourth-order valence-corrected chi connectivity index (χ4v) is 0.511. The molecule has 0 unspecified atom stereocenters. The first-order valence-electron chi connectivity index (χ1n) is 3.00. The molecule has 4 heteroatoms. The summed E-state index contributed by atoms with van der Waals surface area (Å²) in [5.74, 6) is 0. The molecule has 0 fully saturated rings. The van der Waals surface area contributed by atoms with Gasteiger partial charge in [-0.05, 0) is 24.2 Å². The Kier molecular flexibility index (Phi) is 5.42. The Hall–Kier alpha value is -0.870. The van der Waals surface area contributed by atoms with Gasteiger partial charge in [0.2, 0.25) is 0 Å². The van der Waals surface area contributed by atoms with E-state index in [1.165, 1.54) is 0 Å². The van der Waals surface area contributed by atoms with Gasteiger partial charge >= 0.3 is 0 Å².